The number of ether oxygens (including phenoxy) is 1. The van der Waals surface area contributed by atoms with E-state index in [-0.39, 0.29) is 17.6 Å². The zero-order chi connectivity index (χ0) is 17.2. The maximum absolute atomic E-state index is 12.1. The van der Waals surface area contributed by atoms with Crippen LogP contribution in [0.3, 0.4) is 0 Å². The minimum absolute atomic E-state index is 0.0715. The average molecular weight is 320 g/mol. The number of rotatable bonds is 3. The van der Waals surface area contributed by atoms with E-state index in [2.05, 4.69) is 9.88 Å². The molecule has 2 rings (SSSR count). The fourth-order valence-corrected chi connectivity index (χ4v) is 2.72. The van der Waals surface area contributed by atoms with Gasteiger partial charge in [0.15, 0.2) is 5.69 Å². The molecule has 1 aromatic rings. The van der Waals surface area contributed by atoms with Crippen molar-refractivity contribution in [1.29, 1.82) is 0 Å². The predicted octanol–water partition coefficient (Wildman–Crippen LogP) is 2.65. The van der Waals surface area contributed by atoms with Crippen molar-refractivity contribution in [2.45, 2.75) is 46.1 Å². The Bertz CT molecular complexity index is 599. The van der Waals surface area contributed by atoms with Crippen LogP contribution in [0.25, 0.3) is 0 Å². The summed E-state index contributed by atoms with van der Waals surface area (Å²) in [5, 5.41) is 9.03. The van der Waals surface area contributed by atoms with Gasteiger partial charge in [-0.3, -0.25) is 4.79 Å². The van der Waals surface area contributed by atoms with E-state index in [1.807, 2.05) is 26.8 Å². The molecule has 0 amide bonds. The number of carbonyl (C=O) groups excluding carboxylic acids is 1. The van der Waals surface area contributed by atoms with Crippen LogP contribution in [0.4, 0.5) is 5.69 Å². The number of nitrogens with zero attached hydrogens (tertiary/aromatic N) is 2. The molecule has 6 heteroatoms. The Balaban J connectivity index is 1.98. The Labute approximate surface area is 136 Å². The molecule has 1 fully saturated rings. The second-order valence-electron chi connectivity index (χ2n) is 6.96. The first kappa shape index (κ1) is 17.2. The Hall–Kier alpha value is -2.11. The normalized spacial score (nSPS) is 16.3. The van der Waals surface area contributed by atoms with Crippen LogP contribution in [-0.4, -0.2) is 40.7 Å². The molecule has 0 aromatic carbocycles. The van der Waals surface area contributed by atoms with Crippen LogP contribution in [-0.2, 0) is 9.53 Å². The van der Waals surface area contributed by atoms with E-state index in [0.29, 0.717) is 5.56 Å². The molecule has 23 heavy (non-hydrogen) atoms. The standard InChI is InChI=1S/C17H24N2O4/c1-11-9-13(10-18-14(11)15(20)21)19-7-5-12(6-8-19)16(22)23-17(2,3)4/h9-10,12H,5-8H2,1-4H3,(H,20,21). The van der Waals surface area contributed by atoms with Crippen molar-refractivity contribution < 1.29 is 19.4 Å². The number of anilines is 1. The molecule has 1 saturated heterocycles. The number of aromatic carboxylic acids is 1. The predicted molar refractivity (Wildman–Crippen MR) is 86.7 cm³/mol. The number of pyridine rings is 1. The van der Waals surface area contributed by atoms with Crippen molar-refractivity contribution >= 4 is 17.6 Å². The van der Waals surface area contributed by atoms with E-state index >= 15 is 0 Å². The van der Waals surface area contributed by atoms with E-state index < -0.39 is 11.6 Å². The number of aryl methyl sites for hydroxylation is 1. The molecule has 0 unspecified atom stereocenters. The number of hydrogen-bond acceptors (Lipinski definition) is 5. The summed E-state index contributed by atoms with van der Waals surface area (Å²) in [6, 6.07) is 1.84. The van der Waals surface area contributed by atoms with Gasteiger partial charge in [-0.2, -0.15) is 0 Å². The van der Waals surface area contributed by atoms with Gasteiger partial charge < -0.3 is 14.7 Å². The van der Waals surface area contributed by atoms with Crippen LogP contribution in [0.15, 0.2) is 12.3 Å². The highest BCUT2D eigenvalue weighted by Gasteiger charge is 2.29. The number of piperidine rings is 1. The molecule has 1 N–H and O–H groups in total. The molecule has 0 radical (unpaired) electrons. The first-order valence-electron chi connectivity index (χ1n) is 7.85. The van der Waals surface area contributed by atoms with Crippen LogP contribution in [0.2, 0.25) is 0 Å². The zero-order valence-electron chi connectivity index (χ0n) is 14.1. The van der Waals surface area contributed by atoms with Gasteiger partial charge in [-0.05, 0) is 52.2 Å². The molecule has 1 aliphatic rings. The fourth-order valence-electron chi connectivity index (χ4n) is 2.72. The van der Waals surface area contributed by atoms with Crippen LogP contribution in [0.1, 0.15) is 49.7 Å². The summed E-state index contributed by atoms with van der Waals surface area (Å²) in [6.07, 6.45) is 3.05. The third kappa shape index (κ3) is 4.43. The number of hydrogen-bond donors (Lipinski definition) is 1. The summed E-state index contributed by atoms with van der Waals surface area (Å²) in [5.41, 5.74) is 1.17. The molecule has 0 aliphatic carbocycles. The van der Waals surface area contributed by atoms with Gasteiger partial charge in [0.05, 0.1) is 17.8 Å². The van der Waals surface area contributed by atoms with Gasteiger partial charge in [0.2, 0.25) is 0 Å². The highest BCUT2D eigenvalue weighted by atomic mass is 16.6. The van der Waals surface area contributed by atoms with E-state index in [9.17, 15) is 9.59 Å². The van der Waals surface area contributed by atoms with E-state index in [1.165, 1.54) is 0 Å². The molecule has 6 nitrogen and oxygen atoms in total. The number of carboxylic acid groups (broad SMARTS) is 1. The summed E-state index contributed by atoms with van der Waals surface area (Å²) in [5.74, 6) is -1.22. The van der Waals surface area contributed by atoms with Gasteiger partial charge in [0, 0.05) is 13.1 Å². The van der Waals surface area contributed by atoms with Gasteiger partial charge >= 0.3 is 11.9 Å². The minimum atomic E-state index is -1.02. The number of aromatic nitrogens is 1. The highest BCUT2D eigenvalue weighted by molar-refractivity contribution is 5.87. The van der Waals surface area contributed by atoms with Gasteiger partial charge in [-0.25, -0.2) is 9.78 Å². The largest absolute Gasteiger partial charge is 0.477 e. The van der Waals surface area contributed by atoms with Gasteiger partial charge in [-0.1, -0.05) is 0 Å². The number of esters is 1. The smallest absolute Gasteiger partial charge is 0.354 e. The highest BCUT2D eigenvalue weighted by Crippen LogP contribution is 2.26. The van der Waals surface area contributed by atoms with Gasteiger partial charge in [0.1, 0.15) is 5.60 Å². The maximum atomic E-state index is 12.1. The summed E-state index contributed by atoms with van der Waals surface area (Å²) in [6.45, 7) is 8.83. The van der Waals surface area contributed by atoms with Crippen LogP contribution < -0.4 is 4.90 Å². The summed E-state index contributed by atoms with van der Waals surface area (Å²) in [4.78, 5) is 29.3. The summed E-state index contributed by atoms with van der Waals surface area (Å²) in [7, 11) is 0. The third-order valence-electron chi connectivity index (χ3n) is 3.87. The van der Waals surface area contributed by atoms with Crippen LogP contribution in [0, 0.1) is 12.8 Å². The molecular weight excluding hydrogens is 296 g/mol. The number of carbonyl (C=O) groups is 2. The van der Waals surface area contributed by atoms with Crippen molar-refractivity contribution in [3.05, 3.63) is 23.5 Å². The van der Waals surface area contributed by atoms with Crippen molar-refractivity contribution in [3.8, 4) is 0 Å². The van der Waals surface area contributed by atoms with E-state index in [1.54, 1.807) is 13.1 Å². The van der Waals surface area contributed by atoms with Crippen molar-refractivity contribution in [2.75, 3.05) is 18.0 Å². The second-order valence-corrected chi connectivity index (χ2v) is 6.96. The van der Waals surface area contributed by atoms with Gasteiger partial charge in [-0.15, -0.1) is 0 Å². The molecule has 1 aliphatic heterocycles. The monoisotopic (exact) mass is 320 g/mol. The minimum Gasteiger partial charge on any atom is -0.477 e. The lowest BCUT2D eigenvalue weighted by molar-refractivity contribution is -0.160. The lowest BCUT2D eigenvalue weighted by atomic mass is 9.96. The Kier molecular flexibility index (Phi) is 4.92. The topological polar surface area (TPSA) is 79.7 Å². The molecule has 2 heterocycles. The second kappa shape index (κ2) is 6.56. The van der Waals surface area contributed by atoms with Crippen LogP contribution in [0.5, 0.6) is 0 Å². The quantitative estimate of drug-likeness (QED) is 0.863. The average Bonchev–Trinajstić information content (AvgIpc) is 2.45. The zero-order valence-corrected chi connectivity index (χ0v) is 14.1. The Morgan fingerprint density at radius 1 is 1.30 bits per heavy atom. The molecule has 0 atom stereocenters. The lowest BCUT2D eigenvalue weighted by Crippen LogP contribution is -2.39. The lowest BCUT2D eigenvalue weighted by Gasteiger charge is -2.33. The molecule has 0 saturated carbocycles. The third-order valence-corrected chi connectivity index (χ3v) is 3.87. The summed E-state index contributed by atoms with van der Waals surface area (Å²) >= 11 is 0. The Morgan fingerprint density at radius 3 is 2.39 bits per heavy atom. The van der Waals surface area contributed by atoms with Crippen LogP contribution >= 0.6 is 0 Å². The Morgan fingerprint density at radius 2 is 1.91 bits per heavy atom. The molecule has 0 bridgehead atoms. The SMILES string of the molecule is Cc1cc(N2CCC(C(=O)OC(C)(C)C)CC2)cnc1C(=O)O. The molecular formula is C17H24N2O4. The molecule has 0 spiro atoms. The van der Waals surface area contributed by atoms with Crippen molar-refractivity contribution in [3.63, 3.8) is 0 Å². The molecule has 1 aromatic heterocycles. The molecule has 126 valence electrons. The van der Waals surface area contributed by atoms with E-state index in [0.717, 1.165) is 31.6 Å². The van der Waals surface area contributed by atoms with Crippen molar-refractivity contribution in [2.24, 2.45) is 5.92 Å². The number of carboxylic acids is 1. The van der Waals surface area contributed by atoms with Crippen molar-refractivity contribution in [1.82, 2.24) is 4.98 Å². The maximum Gasteiger partial charge on any atom is 0.354 e. The van der Waals surface area contributed by atoms with Gasteiger partial charge in [0.25, 0.3) is 0 Å². The first-order chi connectivity index (χ1) is 10.7. The first-order valence-corrected chi connectivity index (χ1v) is 7.85. The summed E-state index contributed by atoms with van der Waals surface area (Å²) < 4.78 is 5.44. The van der Waals surface area contributed by atoms with E-state index in [4.69, 9.17) is 9.84 Å². The fraction of sp³-hybridized carbons (Fsp3) is 0.588.